The highest BCUT2D eigenvalue weighted by atomic mass is 35.5. The van der Waals surface area contributed by atoms with E-state index in [0.29, 0.717) is 22.0 Å². The number of halogens is 1. The molecule has 0 fully saturated rings. The van der Waals surface area contributed by atoms with Crippen molar-refractivity contribution >= 4 is 35.1 Å². The van der Waals surface area contributed by atoms with E-state index in [9.17, 15) is 14.4 Å². The molecule has 34 heavy (non-hydrogen) atoms. The standard InChI is InChI=1S/C26H25ClN2O5/c1-17-13-22(23(33-2)14-20(17)27)28-24(30)16-34-25(31)15-21(18-9-5-3-6-10-18)29-26(32)19-11-7-4-8-12-19/h3-14,21H,15-16H2,1-2H3,(H,28,30)(H,29,32)/t21-/m1/s1. The van der Waals surface area contributed by atoms with Gasteiger partial charge in [0.25, 0.3) is 11.8 Å². The second-order valence-corrected chi connectivity index (χ2v) is 7.92. The molecule has 3 aromatic carbocycles. The highest BCUT2D eigenvalue weighted by Gasteiger charge is 2.21. The van der Waals surface area contributed by atoms with E-state index in [2.05, 4.69) is 10.6 Å². The second-order valence-electron chi connectivity index (χ2n) is 7.52. The van der Waals surface area contributed by atoms with Gasteiger partial charge in [0.05, 0.1) is 25.3 Å². The second kappa shape index (κ2) is 11.9. The molecular weight excluding hydrogens is 456 g/mol. The Bertz CT molecular complexity index is 1150. The molecule has 3 rings (SSSR count). The highest BCUT2D eigenvalue weighted by Crippen LogP contribution is 2.30. The van der Waals surface area contributed by atoms with E-state index in [1.165, 1.54) is 7.11 Å². The molecular formula is C26H25ClN2O5. The van der Waals surface area contributed by atoms with Gasteiger partial charge in [-0.2, -0.15) is 0 Å². The predicted octanol–water partition coefficient (Wildman–Crippen LogP) is 4.70. The van der Waals surface area contributed by atoms with Crippen molar-refractivity contribution in [3.8, 4) is 5.75 Å². The largest absolute Gasteiger partial charge is 0.495 e. The molecule has 0 saturated heterocycles. The van der Waals surface area contributed by atoms with Crippen molar-refractivity contribution in [1.82, 2.24) is 5.32 Å². The molecule has 7 nitrogen and oxygen atoms in total. The third-order valence-corrected chi connectivity index (χ3v) is 5.44. The number of esters is 1. The van der Waals surface area contributed by atoms with Gasteiger partial charge >= 0.3 is 5.97 Å². The van der Waals surface area contributed by atoms with Gasteiger partial charge < -0.3 is 20.1 Å². The van der Waals surface area contributed by atoms with Crippen molar-refractivity contribution in [3.05, 3.63) is 94.5 Å². The average Bonchev–Trinajstić information content (AvgIpc) is 2.85. The van der Waals surface area contributed by atoms with E-state index >= 15 is 0 Å². The number of rotatable bonds is 9. The molecule has 2 N–H and O–H groups in total. The Morgan fingerprint density at radius 3 is 2.26 bits per heavy atom. The lowest BCUT2D eigenvalue weighted by atomic mass is 10.0. The van der Waals surface area contributed by atoms with Gasteiger partial charge in [0.2, 0.25) is 0 Å². The summed E-state index contributed by atoms with van der Waals surface area (Å²) in [5, 5.41) is 6.02. The maximum atomic E-state index is 12.6. The summed E-state index contributed by atoms with van der Waals surface area (Å²) in [5.41, 5.74) is 2.40. The van der Waals surface area contributed by atoms with Gasteiger partial charge in [0.1, 0.15) is 5.75 Å². The van der Waals surface area contributed by atoms with Gasteiger partial charge in [-0.1, -0.05) is 60.1 Å². The average molecular weight is 481 g/mol. The van der Waals surface area contributed by atoms with Crippen molar-refractivity contribution in [1.29, 1.82) is 0 Å². The molecule has 3 aromatic rings. The van der Waals surface area contributed by atoms with Crippen molar-refractivity contribution in [2.75, 3.05) is 19.0 Å². The number of carbonyl (C=O) groups excluding carboxylic acids is 3. The molecule has 0 saturated carbocycles. The number of nitrogens with one attached hydrogen (secondary N) is 2. The zero-order valence-corrected chi connectivity index (χ0v) is 19.6. The van der Waals surface area contributed by atoms with Crippen LogP contribution in [-0.4, -0.2) is 31.5 Å². The Morgan fingerprint density at radius 1 is 0.971 bits per heavy atom. The molecule has 0 aliphatic carbocycles. The first-order chi connectivity index (χ1) is 16.4. The molecule has 0 radical (unpaired) electrons. The fraction of sp³-hybridized carbons (Fsp3) is 0.192. The van der Waals surface area contributed by atoms with Crippen LogP contribution in [0.25, 0.3) is 0 Å². The van der Waals surface area contributed by atoms with E-state index in [-0.39, 0.29) is 12.3 Å². The Balaban J connectivity index is 1.62. The first-order valence-electron chi connectivity index (χ1n) is 10.6. The predicted molar refractivity (Wildman–Crippen MR) is 130 cm³/mol. The van der Waals surface area contributed by atoms with E-state index in [0.717, 1.165) is 11.1 Å². The lowest BCUT2D eigenvalue weighted by Gasteiger charge is -2.19. The van der Waals surface area contributed by atoms with Crippen molar-refractivity contribution in [2.24, 2.45) is 0 Å². The van der Waals surface area contributed by atoms with Crippen LogP contribution in [0, 0.1) is 6.92 Å². The van der Waals surface area contributed by atoms with Crippen LogP contribution in [0.4, 0.5) is 5.69 Å². The van der Waals surface area contributed by atoms with Gasteiger partial charge in [0.15, 0.2) is 6.61 Å². The Labute approximate surface area is 203 Å². The molecule has 0 aromatic heterocycles. The van der Waals surface area contributed by atoms with Gasteiger partial charge in [0, 0.05) is 16.7 Å². The van der Waals surface area contributed by atoms with Gasteiger partial charge in [-0.3, -0.25) is 14.4 Å². The summed E-state index contributed by atoms with van der Waals surface area (Å²) in [4.78, 5) is 37.5. The van der Waals surface area contributed by atoms with Gasteiger partial charge in [-0.15, -0.1) is 0 Å². The molecule has 0 aliphatic rings. The number of aryl methyl sites for hydroxylation is 1. The number of ether oxygens (including phenoxy) is 2. The Kier molecular flexibility index (Phi) is 8.65. The van der Waals surface area contributed by atoms with Crippen LogP contribution >= 0.6 is 11.6 Å². The summed E-state index contributed by atoms with van der Waals surface area (Å²) in [7, 11) is 1.46. The molecule has 0 unspecified atom stereocenters. The molecule has 0 aliphatic heterocycles. The van der Waals surface area contributed by atoms with Crippen LogP contribution in [0.15, 0.2) is 72.8 Å². The number of hydrogen-bond acceptors (Lipinski definition) is 5. The van der Waals surface area contributed by atoms with Crippen LogP contribution in [0.2, 0.25) is 5.02 Å². The molecule has 0 heterocycles. The third kappa shape index (κ3) is 6.83. The molecule has 1 atom stereocenters. The normalized spacial score (nSPS) is 11.3. The number of anilines is 1. The zero-order valence-electron chi connectivity index (χ0n) is 18.8. The summed E-state index contributed by atoms with van der Waals surface area (Å²) >= 11 is 6.09. The van der Waals surface area contributed by atoms with E-state index in [4.69, 9.17) is 21.1 Å². The first-order valence-corrected chi connectivity index (χ1v) is 11.0. The van der Waals surface area contributed by atoms with Gasteiger partial charge in [-0.05, 0) is 36.2 Å². The Morgan fingerprint density at radius 2 is 1.62 bits per heavy atom. The summed E-state index contributed by atoms with van der Waals surface area (Å²) in [6, 6.07) is 20.5. The van der Waals surface area contributed by atoms with Crippen LogP contribution < -0.4 is 15.4 Å². The van der Waals surface area contributed by atoms with Crippen LogP contribution in [0.3, 0.4) is 0 Å². The topological polar surface area (TPSA) is 93.7 Å². The van der Waals surface area contributed by atoms with E-state index < -0.39 is 24.5 Å². The number of amides is 2. The summed E-state index contributed by atoms with van der Waals surface area (Å²) in [6.45, 7) is 1.31. The SMILES string of the molecule is COc1cc(Cl)c(C)cc1NC(=O)COC(=O)C[C@@H](NC(=O)c1ccccc1)c1ccccc1. The number of benzene rings is 3. The maximum absolute atomic E-state index is 12.6. The molecule has 2 amide bonds. The first kappa shape index (κ1) is 24.8. The van der Waals surface area contributed by atoms with Crippen molar-refractivity contribution in [2.45, 2.75) is 19.4 Å². The van der Waals surface area contributed by atoms with E-state index in [1.807, 2.05) is 36.4 Å². The van der Waals surface area contributed by atoms with Crippen molar-refractivity contribution in [3.63, 3.8) is 0 Å². The van der Waals surface area contributed by atoms with Crippen LogP contribution in [0.5, 0.6) is 5.75 Å². The quantitative estimate of drug-likeness (QED) is 0.433. The van der Waals surface area contributed by atoms with Crippen LogP contribution in [0.1, 0.15) is 33.9 Å². The number of hydrogen-bond donors (Lipinski definition) is 2. The summed E-state index contributed by atoms with van der Waals surface area (Å²) in [6.07, 6.45) is -0.140. The fourth-order valence-corrected chi connectivity index (χ4v) is 3.41. The minimum Gasteiger partial charge on any atom is -0.495 e. The molecule has 0 spiro atoms. The lowest BCUT2D eigenvalue weighted by Crippen LogP contribution is -2.31. The monoisotopic (exact) mass is 480 g/mol. The van der Waals surface area contributed by atoms with E-state index in [1.54, 1.807) is 43.3 Å². The third-order valence-electron chi connectivity index (χ3n) is 5.03. The maximum Gasteiger partial charge on any atom is 0.308 e. The fourth-order valence-electron chi connectivity index (χ4n) is 3.26. The number of methoxy groups -OCH3 is 1. The van der Waals surface area contributed by atoms with Gasteiger partial charge in [-0.25, -0.2) is 0 Å². The summed E-state index contributed by atoms with van der Waals surface area (Å²) in [5.74, 6) is -1.08. The minimum absolute atomic E-state index is 0.140. The van der Waals surface area contributed by atoms with Crippen molar-refractivity contribution < 1.29 is 23.9 Å². The minimum atomic E-state index is -0.628. The molecule has 8 heteroatoms. The Hall–Kier alpha value is -3.84. The summed E-state index contributed by atoms with van der Waals surface area (Å²) < 4.78 is 10.4. The van der Waals surface area contributed by atoms with Crippen LogP contribution in [-0.2, 0) is 14.3 Å². The lowest BCUT2D eigenvalue weighted by molar-refractivity contribution is -0.147. The molecule has 176 valence electrons. The molecule has 0 bridgehead atoms. The zero-order chi connectivity index (χ0) is 24.5. The highest BCUT2D eigenvalue weighted by molar-refractivity contribution is 6.31. The smallest absolute Gasteiger partial charge is 0.308 e. The number of carbonyl (C=O) groups is 3.